The molecule has 2 fully saturated rings. The number of carbonyl (C=O) groups is 9. The second kappa shape index (κ2) is 33.4. The van der Waals surface area contributed by atoms with E-state index in [0.717, 1.165) is 33.2 Å². The van der Waals surface area contributed by atoms with Gasteiger partial charge in [0.05, 0.1) is 32.2 Å². The normalized spacial score (nSPS) is 18.9. The van der Waals surface area contributed by atoms with Crippen LogP contribution in [0.25, 0.3) is 0 Å². The number of carboxylic acid groups (broad SMARTS) is 2. The second-order valence-corrected chi connectivity index (χ2v) is 21.9. The van der Waals surface area contributed by atoms with Gasteiger partial charge in [0.25, 0.3) is 0 Å². The molecule has 78 heavy (non-hydrogen) atoms. The Morgan fingerprint density at radius 1 is 0.692 bits per heavy atom. The zero-order chi connectivity index (χ0) is 57.3. The molecule has 1 aliphatic heterocycles. The van der Waals surface area contributed by atoms with Crippen molar-refractivity contribution in [1.82, 2.24) is 40.4 Å². The first-order chi connectivity index (χ1) is 37.0. The molecule has 0 aromatic heterocycles. The summed E-state index contributed by atoms with van der Waals surface area (Å²) in [5, 5.41) is 30.6. The van der Waals surface area contributed by atoms with E-state index in [1.165, 1.54) is 6.92 Å². The number of benzene rings is 2. The minimum absolute atomic E-state index is 0.0174. The van der Waals surface area contributed by atoms with Crippen molar-refractivity contribution >= 4 is 98.9 Å². The van der Waals surface area contributed by atoms with E-state index in [-0.39, 0.29) is 69.2 Å². The molecule has 26 heteroatoms. The molecule has 1 unspecified atom stereocenters. The quantitative estimate of drug-likeness (QED) is 0.0310. The van der Waals surface area contributed by atoms with Crippen LogP contribution in [0.4, 0.5) is 10.5 Å². The highest BCUT2D eigenvalue weighted by molar-refractivity contribution is 14.1. The lowest BCUT2D eigenvalue weighted by Crippen LogP contribution is -2.54. The van der Waals surface area contributed by atoms with E-state index in [1.54, 1.807) is 0 Å². The molecule has 4 rings (SSSR count). The number of anilines is 1. The van der Waals surface area contributed by atoms with Crippen molar-refractivity contribution < 1.29 is 53.4 Å². The fourth-order valence-electron chi connectivity index (χ4n) is 9.74. The van der Waals surface area contributed by atoms with Gasteiger partial charge < -0.3 is 59.3 Å². The molecule has 1 heterocycles. The van der Waals surface area contributed by atoms with Crippen LogP contribution >= 0.6 is 34.8 Å². The maximum Gasteiger partial charge on any atom is 0.326 e. The molecule has 14 N–H and O–H groups in total. The lowest BCUT2D eigenvalue weighted by atomic mass is 9.81. The summed E-state index contributed by atoms with van der Waals surface area (Å²) in [4.78, 5) is 120. The molecule has 430 valence electrons. The van der Waals surface area contributed by atoms with Crippen molar-refractivity contribution in [2.75, 3.05) is 90.4 Å². The molecule has 2 aromatic carbocycles. The Hall–Kier alpha value is -6.07. The fraction of sp³-hybridized carbons (Fsp3) is 0.577. The standard InChI is InChI=1S/C52H78IN13O11S/c1-34(67)42(17-18-48(72)73)60-51(77)61-43(50(75)76)4-2-3-19-66(28-37-7-13-39(53)14-8-37)49(74)38-11-5-36(6-12-38)27-58-52(78)59-40-15-9-35(10-16-40)26-41-29-64(32-46(56)70)23-22-62(30-44(54)68)20-21-63(31-45(55)69)24-25-65(41)33-47(57)71/h7-10,13-16,36,38,41-43H,2-6,11-12,17-33H2,1H3,(H2,54,68)(H2,55,69)(H2,56,70)(H2,57,71)(H,72,73)(H,75,76)(H2,58,59,78)(H2,60,61,77)/t36?,38?,41?,42-,43-/m1/s1. The maximum atomic E-state index is 14.2. The molecule has 0 spiro atoms. The SMILES string of the molecule is CC(=O)[C@@H](CCC(=O)O)NC(=O)N[C@H](CCCCN(Cc1ccc(I)cc1)C(=O)C1CCC(CNC(=S)Nc2ccc(CC3CN(CC(N)=O)CCN(CC(N)=O)CCN(CC(N)=O)CCN3CC(N)=O)cc2)CC1)C(=O)O. The van der Waals surface area contributed by atoms with Crippen LogP contribution < -0.4 is 44.2 Å². The molecular weight excluding hydrogens is 1140 g/mol. The Kier molecular flexibility index (Phi) is 27.6. The predicted molar refractivity (Wildman–Crippen MR) is 304 cm³/mol. The predicted octanol–water partition coefficient (Wildman–Crippen LogP) is 0.232. The largest absolute Gasteiger partial charge is 0.481 e. The number of primary amides is 4. The zero-order valence-corrected chi connectivity index (χ0v) is 47.4. The number of carbonyl (C=O) groups excluding carboxylic acids is 7. The van der Waals surface area contributed by atoms with Crippen LogP contribution in [0.3, 0.4) is 0 Å². The summed E-state index contributed by atoms with van der Waals surface area (Å²) in [6, 6.07) is 12.0. The van der Waals surface area contributed by atoms with Crippen LogP contribution in [-0.4, -0.2) is 196 Å². The number of hydrogen-bond donors (Lipinski definition) is 10. The minimum atomic E-state index is -1.27. The maximum absolute atomic E-state index is 14.2. The van der Waals surface area contributed by atoms with Crippen molar-refractivity contribution in [3.05, 3.63) is 63.2 Å². The number of nitrogens with two attached hydrogens (primary N) is 4. The number of urea groups is 1. The van der Waals surface area contributed by atoms with Crippen LogP contribution in [0.15, 0.2) is 48.5 Å². The summed E-state index contributed by atoms with van der Waals surface area (Å²) >= 11 is 7.92. The average Bonchev–Trinajstić information content (AvgIpc) is 3.37. The Balaban J connectivity index is 1.33. The molecule has 2 aromatic rings. The number of thiocarbonyl (C=S) groups is 1. The van der Waals surface area contributed by atoms with Gasteiger partial charge in [-0.3, -0.25) is 53.2 Å². The molecule has 24 nitrogen and oxygen atoms in total. The number of unbranched alkanes of at least 4 members (excludes halogenated alkanes) is 1. The third-order valence-electron chi connectivity index (χ3n) is 13.9. The molecule has 0 radical (unpaired) electrons. The third-order valence-corrected chi connectivity index (χ3v) is 14.9. The Labute approximate surface area is 474 Å². The summed E-state index contributed by atoms with van der Waals surface area (Å²) in [7, 11) is 0. The topological polar surface area (TPSA) is 362 Å². The summed E-state index contributed by atoms with van der Waals surface area (Å²) in [6.07, 6.45) is 3.85. The Morgan fingerprint density at radius 2 is 1.23 bits per heavy atom. The number of ketones is 1. The van der Waals surface area contributed by atoms with Crippen molar-refractivity contribution in [2.24, 2.45) is 34.8 Å². The van der Waals surface area contributed by atoms with E-state index in [9.17, 15) is 48.3 Å². The summed E-state index contributed by atoms with van der Waals surface area (Å²) in [5.41, 5.74) is 25.2. The van der Waals surface area contributed by atoms with Gasteiger partial charge in [0, 0.05) is 93.1 Å². The number of hydrogen-bond acceptors (Lipinski definition) is 14. The highest BCUT2D eigenvalue weighted by Gasteiger charge is 2.31. The number of nitrogens with one attached hydrogen (secondary N) is 4. The highest BCUT2D eigenvalue weighted by Crippen LogP contribution is 2.31. The van der Waals surface area contributed by atoms with E-state index in [2.05, 4.69) is 43.9 Å². The second-order valence-electron chi connectivity index (χ2n) is 20.2. The number of carboxylic acids is 2. The zero-order valence-electron chi connectivity index (χ0n) is 44.4. The summed E-state index contributed by atoms with van der Waals surface area (Å²) in [5.74, 6) is -4.86. The smallest absolute Gasteiger partial charge is 0.326 e. The number of halogens is 1. The van der Waals surface area contributed by atoms with Crippen molar-refractivity contribution in [2.45, 2.75) is 95.8 Å². The molecular formula is C52H78IN13O11S. The molecule has 3 atom stereocenters. The monoisotopic (exact) mass is 1220 g/mol. The van der Waals surface area contributed by atoms with Gasteiger partial charge in [-0.2, -0.15) is 0 Å². The number of aliphatic carboxylic acids is 2. The number of rotatable bonds is 28. The lowest BCUT2D eigenvalue weighted by molar-refractivity contribution is -0.140. The average molecular weight is 1220 g/mol. The third kappa shape index (κ3) is 24.7. The van der Waals surface area contributed by atoms with Crippen LogP contribution in [0.5, 0.6) is 0 Å². The summed E-state index contributed by atoms with van der Waals surface area (Å²) < 4.78 is 1.06. The first kappa shape index (κ1) is 64.5. The van der Waals surface area contributed by atoms with Gasteiger partial charge in [0.15, 0.2) is 10.9 Å². The molecule has 1 saturated carbocycles. The van der Waals surface area contributed by atoms with Gasteiger partial charge in [0.1, 0.15) is 6.04 Å². The highest BCUT2D eigenvalue weighted by atomic mass is 127. The van der Waals surface area contributed by atoms with Gasteiger partial charge in [-0.1, -0.05) is 24.3 Å². The van der Waals surface area contributed by atoms with E-state index in [0.29, 0.717) is 103 Å². The van der Waals surface area contributed by atoms with Gasteiger partial charge in [-0.25, -0.2) is 9.59 Å². The molecule has 0 bridgehead atoms. The van der Waals surface area contributed by atoms with E-state index < -0.39 is 59.5 Å². The fourth-order valence-corrected chi connectivity index (χ4v) is 10.3. The van der Waals surface area contributed by atoms with Crippen LogP contribution in [0, 0.1) is 15.4 Å². The van der Waals surface area contributed by atoms with Crippen molar-refractivity contribution in [3.63, 3.8) is 0 Å². The molecule has 7 amide bonds. The van der Waals surface area contributed by atoms with Gasteiger partial charge in [-0.15, -0.1) is 0 Å². The van der Waals surface area contributed by atoms with Gasteiger partial charge in [-0.05, 0) is 141 Å². The summed E-state index contributed by atoms with van der Waals surface area (Å²) in [6.45, 7) is 4.99. The van der Waals surface area contributed by atoms with E-state index >= 15 is 0 Å². The van der Waals surface area contributed by atoms with Gasteiger partial charge >= 0.3 is 18.0 Å². The van der Waals surface area contributed by atoms with Crippen molar-refractivity contribution in [3.8, 4) is 0 Å². The molecule has 1 aliphatic carbocycles. The molecule has 1 saturated heterocycles. The Morgan fingerprint density at radius 3 is 1.78 bits per heavy atom. The first-order valence-electron chi connectivity index (χ1n) is 26.3. The van der Waals surface area contributed by atoms with Crippen molar-refractivity contribution in [1.29, 1.82) is 0 Å². The first-order valence-corrected chi connectivity index (χ1v) is 27.8. The van der Waals surface area contributed by atoms with Crippen LogP contribution in [0.2, 0.25) is 0 Å². The van der Waals surface area contributed by atoms with Gasteiger partial charge in [0.2, 0.25) is 29.5 Å². The number of nitrogens with zero attached hydrogens (tertiary/aromatic N) is 5. The van der Waals surface area contributed by atoms with E-state index in [4.69, 9.17) is 40.3 Å². The van der Waals surface area contributed by atoms with Crippen LogP contribution in [-0.2, 0) is 51.3 Å². The Bertz CT molecular complexity index is 2360. The minimum Gasteiger partial charge on any atom is -0.481 e. The van der Waals surface area contributed by atoms with E-state index in [1.807, 2.05) is 73.0 Å². The molecule has 2 aliphatic rings. The number of Topliss-reactive ketones (excluding diaryl/α,β-unsaturated/α-hetero) is 1. The number of amides is 7. The lowest BCUT2D eigenvalue weighted by Gasteiger charge is -2.38. The van der Waals surface area contributed by atoms with Crippen LogP contribution in [0.1, 0.15) is 75.8 Å².